The van der Waals surface area contributed by atoms with Gasteiger partial charge in [0.25, 0.3) is 0 Å². The number of likely N-dealkylation sites (tertiary alicyclic amines) is 1. The molecular weight excluding hydrogens is 216 g/mol. The van der Waals surface area contributed by atoms with E-state index in [1.54, 1.807) is 0 Å². The molecular formula is C13H18N2O2. The topological polar surface area (TPSA) is 66.6 Å². The summed E-state index contributed by atoms with van der Waals surface area (Å²) in [4.78, 5) is 13.1. The lowest BCUT2D eigenvalue weighted by atomic mass is 9.97. The van der Waals surface area contributed by atoms with E-state index in [9.17, 15) is 4.79 Å². The van der Waals surface area contributed by atoms with E-state index in [4.69, 9.17) is 10.8 Å². The zero-order valence-electron chi connectivity index (χ0n) is 9.80. The van der Waals surface area contributed by atoms with Gasteiger partial charge in [-0.15, -0.1) is 0 Å². The van der Waals surface area contributed by atoms with Gasteiger partial charge in [0.1, 0.15) is 0 Å². The summed E-state index contributed by atoms with van der Waals surface area (Å²) in [6.45, 7) is 2.61. The van der Waals surface area contributed by atoms with Crippen LogP contribution in [0, 0.1) is 5.92 Å². The molecule has 0 bridgehead atoms. The second-order valence-corrected chi connectivity index (χ2v) is 4.63. The van der Waals surface area contributed by atoms with Crippen LogP contribution in [0.1, 0.15) is 18.4 Å². The van der Waals surface area contributed by atoms with E-state index in [0.717, 1.165) is 38.2 Å². The molecule has 0 radical (unpaired) electrons. The van der Waals surface area contributed by atoms with Crippen LogP contribution in [0.25, 0.3) is 0 Å². The van der Waals surface area contributed by atoms with Crippen molar-refractivity contribution >= 4 is 11.7 Å². The quantitative estimate of drug-likeness (QED) is 0.779. The van der Waals surface area contributed by atoms with Crippen LogP contribution in [0.5, 0.6) is 0 Å². The summed E-state index contributed by atoms with van der Waals surface area (Å²) in [7, 11) is 0. The van der Waals surface area contributed by atoms with E-state index < -0.39 is 5.97 Å². The van der Waals surface area contributed by atoms with Crippen molar-refractivity contribution < 1.29 is 9.90 Å². The number of nitrogens with two attached hydrogens (primary N) is 1. The normalized spacial score (nSPS) is 18.1. The Bertz CT molecular complexity index is 381. The predicted molar refractivity (Wildman–Crippen MR) is 66.5 cm³/mol. The zero-order chi connectivity index (χ0) is 12.3. The molecule has 0 amide bonds. The second-order valence-electron chi connectivity index (χ2n) is 4.63. The number of carboxylic acids is 1. The number of carbonyl (C=O) groups is 1. The van der Waals surface area contributed by atoms with Crippen molar-refractivity contribution in [2.24, 2.45) is 5.92 Å². The first kappa shape index (κ1) is 11.9. The number of hydrogen-bond acceptors (Lipinski definition) is 3. The first-order valence-corrected chi connectivity index (χ1v) is 5.95. The van der Waals surface area contributed by atoms with E-state index >= 15 is 0 Å². The molecule has 0 spiro atoms. The molecule has 17 heavy (non-hydrogen) atoms. The molecule has 2 rings (SSSR count). The van der Waals surface area contributed by atoms with E-state index in [1.165, 1.54) is 5.56 Å². The molecule has 1 aromatic carbocycles. The van der Waals surface area contributed by atoms with Gasteiger partial charge in [-0.05, 0) is 43.6 Å². The van der Waals surface area contributed by atoms with Crippen molar-refractivity contribution in [1.29, 1.82) is 0 Å². The number of anilines is 1. The van der Waals surface area contributed by atoms with Gasteiger partial charge in [-0.25, -0.2) is 0 Å². The van der Waals surface area contributed by atoms with Crippen molar-refractivity contribution in [3.63, 3.8) is 0 Å². The number of benzene rings is 1. The molecule has 92 valence electrons. The molecule has 1 saturated heterocycles. The second kappa shape index (κ2) is 5.19. The van der Waals surface area contributed by atoms with Crippen LogP contribution in [0.2, 0.25) is 0 Å². The first-order valence-electron chi connectivity index (χ1n) is 5.95. The third kappa shape index (κ3) is 3.20. The Morgan fingerprint density at radius 3 is 2.41 bits per heavy atom. The lowest BCUT2D eigenvalue weighted by molar-refractivity contribution is -0.143. The fourth-order valence-electron chi connectivity index (χ4n) is 2.22. The van der Waals surface area contributed by atoms with Crippen molar-refractivity contribution in [1.82, 2.24) is 4.90 Å². The van der Waals surface area contributed by atoms with E-state index in [-0.39, 0.29) is 5.92 Å². The third-order valence-electron chi connectivity index (χ3n) is 3.32. The third-order valence-corrected chi connectivity index (χ3v) is 3.32. The van der Waals surface area contributed by atoms with Gasteiger partial charge < -0.3 is 10.8 Å². The average Bonchev–Trinajstić information content (AvgIpc) is 2.33. The predicted octanol–water partition coefficient (Wildman–Crippen LogP) is 1.57. The van der Waals surface area contributed by atoms with E-state index in [2.05, 4.69) is 4.90 Å². The van der Waals surface area contributed by atoms with Gasteiger partial charge in [0.05, 0.1) is 5.92 Å². The summed E-state index contributed by atoms with van der Waals surface area (Å²) >= 11 is 0. The summed E-state index contributed by atoms with van der Waals surface area (Å²) in [5.74, 6) is -0.810. The van der Waals surface area contributed by atoms with Crippen molar-refractivity contribution in [3.05, 3.63) is 29.8 Å². The van der Waals surface area contributed by atoms with Gasteiger partial charge in [-0.1, -0.05) is 12.1 Å². The van der Waals surface area contributed by atoms with Crippen LogP contribution in [-0.4, -0.2) is 29.1 Å². The van der Waals surface area contributed by atoms with Crippen molar-refractivity contribution in [2.75, 3.05) is 18.8 Å². The number of piperidine rings is 1. The molecule has 4 nitrogen and oxygen atoms in total. The molecule has 1 aliphatic heterocycles. The van der Waals surface area contributed by atoms with Crippen LogP contribution in [0.4, 0.5) is 5.69 Å². The van der Waals surface area contributed by atoms with Gasteiger partial charge in [0.15, 0.2) is 0 Å². The minimum atomic E-state index is -0.655. The Labute approximate surface area is 101 Å². The summed E-state index contributed by atoms with van der Waals surface area (Å²) in [5, 5.41) is 8.91. The van der Waals surface area contributed by atoms with Crippen LogP contribution < -0.4 is 5.73 Å². The molecule has 0 saturated carbocycles. The fraction of sp³-hybridized carbons (Fsp3) is 0.462. The number of aliphatic carboxylic acids is 1. The largest absolute Gasteiger partial charge is 0.481 e. The average molecular weight is 234 g/mol. The highest BCUT2D eigenvalue weighted by atomic mass is 16.4. The maximum absolute atomic E-state index is 10.8. The van der Waals surface area contributed by atoms with Gasteiger partial charge in [-0.2, -0.15) is 0 Å². The Morgan fingerprint density at radius 2 is 1.88 bits per heavy atom. The fourth-order valence-corrected chi connectivity index (χ4v) is 2.22. The Hall–Kier alpha value is -1.55. The van der Waals surface area contributed by atoms with Gasteiger partial charge in [0, 0.05) is 12.2 Å². The summed E-state index contributed by atoms with van der Waals surface area (Å²) in [6, 6.07) is 7.86. The Balaban J connectivity index is 1.85. The highest BCUT2D eigenvalue weighted by Gasteiger charge is 2.24. The smallest absolute Gasteiger partial charge is 0.306 e. The van der Waals surface area contributed by atoms with E-state index in [0.29, 0.717) is 0 Å². The number of nitrogen functional groups attached to an aromatic ring is 1. The number of nitrogens with zero attached hydrogens (tertiary/aromatic N) is 1. The maximum atomic E-state index is 10.8. The first-order chi connectivity index (χ1) is 8.15. The standard InChI is InChI=1S/C13H18N2O2/c14-12-3-1-10(2-4-12)9-15-7-5-11(6-8-15)13(16)17/h1-4,11H,5-9,14H2,(H,16,17). The van der Waals surface area contributed by atoms with E-state index in [1.807, 2.05) is 24.3 Å². The number of hydrogen-bond donors (Lipinski definition) is 2. The summed E-state index contributed by atoms with van der Waals surface area (Å²) in [6.07, 6.45) is 1.51. The molecule has 0 aliphatic carbocycles. The van der Waals surface area contributed by atoms with Crippen LogP contribution in [-0.2, 0) is 11.3 Å². The van der Waals surface area contributed by atoms with Crippen LogP contribution >= 0.6 is 0 Å². The number of rotatable bonds is 3. The van der Waals surface area contributed by atoms with Crippen molar-refractivity contribution in [2.45, 2.75) is 19.4 Å². The Morgan fingerprint density at radius 1 is 1.29 bits per heavy atom. The molecule has 3 N–H and O–H groups in total. The highest BCUT2D eigenvalue weighted by Crippen LogP contribution is 2.19. The zero-order valence-corrected chi connectivity index (χ0v) is 9.80. The lowest BCUT2D eigenvalue weighted by Gasteiger charge is -2.29. The molecule has 0 atom stereocenters. The lowest BCUT2D eigenvalue weighted by Crippen LogP contribution is -2.35. The summed E-state index contributed by atoms with van der Waals surface area (Å²) < 4.78 is 0. The monoisotopic (exact) mass is 234 g/mol. The van der Waals surface area contributed by atoms with Gasteiger partial charge in [-0.3, -0.25) is 9.69 Å². The highest BCUT2D eigenvalue weighted by molar-refractivity contribution is 5.70. The Kier molecular flexibility index (Phi) is 3.64. The molecule has 4 heteroatoms. The number of carboxylic acid groups (broad SMARTS) is 1. The summed E-state index contributed by atoms with van der Waals surface area (Å²) in [5.41, 5.74) is 7.64. The molecule has 1 aliphatic rings. The van der Waals surface area contributed by atoms with Gasteiger partial charge in [0.2, 0.25) is 0 Å². The minimum absolute atomic E-state index is 0.155. The molecule has 1 aromatic rings. The molecule has 0 aromatic heterocycles. The van der Waals surface area contributed by atoms with Crippen LogP contribution in [0.3, 0.4) is 0 Å². The SMILES string of the molecule is Nc1ccc(CN2CCC(C(=O)O)CC2)cc1. The minimum Gasteiger partial charge on any atom is -0.481 e. The molecule has 1 fully saturated rings. The van der Waals surface area contributed by atoms with Gasteiger partial charge >= 0.3 is 5.97 Å². The van der Waals surface area contributed by atoms with Crippen LogP contribution in [0.15, 0.2) is 24.3 Å². The maximum Gasteiger partial charge on any atom is 0.306 e. The van der Waals surface area contributed by atoms with Crippen molar-refractivity contribution in [3.8, 4) is 0 Å². The molecule has 0 unspecified atom stereocenters. The molecule has 1 heterocycles.